The van der Waals surface area contributed by atoms with E-state index in [0.29, 0.717) is 0 Å². The number of hydrogen-bond acceptors (Lipinski definition) is 2. The van der Waals surface area contributed by atoms with Gasteiger partial charge in [0.2, 0.25) is 0 Å². The standard InChI is InChI=1S/C25H25NO/c27-20-25(23-14-8-3-9-15-23)26-24(18-16-21-10-4-1-5-11-21)19-17-22-12-6-2-7-13-22/h1-15,24-27H,16,18,20H2/t24-,25+/m1/s1. The number of aliphatic hydroxyl groups excluding tert-OH is 1. The molecule has 0 aliphatic heterocycles. The van der Waals surface area contributed by atoms with Gasteiger partial charge in [-0.2, -0.15) is 0 Å². The Morgan fingerprint density at radius 3 is 2.00 bits per heavy atom. The summed E-state index contributed by atoms with van der Waals surface area (Å²) in [6, 6.07) is 30.4. The maximum Gasteiger partial charge on any atom is 0.0702 e. The highest BCUT2D eigenvalue weighted by molar-refractivity contribution is 5.35. The van der Waals surface area contributed by atoms with Crippen LogP contribution in [0.5, 0.6) is 0 Å². The van der Waals surface area contributed by atoms with Crippen molar-refractivity contribution < 1.29 is 5.11 Å². The van der Waals surface area contributed by atoms with Crippen LogP contribution in [0.2, 0.25) is 0 Å². The Morgan fingerprint density at radius 1 is 0.778 bits per heavy atom. The molecule has 0 aliphatic carbocycles. The summed E-state index contributed by atoms with van der Waals surface area (Å²) in [5.74, 6) is 6.64. The predicted molar refractivity (Wildman–Crippen MR) is 111 cm³/mol. The summed E-state index contributed by atoms with van der Waals surface area (Å²) in [4.78, 5) is 0. The molecule has 0 saturated heterocycles. The zero-order valence-electron chi connectivity index (χ0n) is 15.4. The van der Waals surface area contributed by atoms with Crippen LogP contribution < -0.4 is 5.32 Å². The lowest BCUT2D eigenvalue weighted by molar-refractivity contribution is 0.238. The maximum absolute atomic E-state index is 9.89. The quantitative estimate of drug-likeness (QED) is 0.617. The van der Waals surface area contributed by atoms with E-state index in [1.807, 2.05) is 66.7 Å². The first kappa shape index (κ1) is 18.9. The molecule has 27 heavy (non-hydrogen) atoms. The number of nitrogens with one attached hydrogen (secondary N) is 1. The fraction of sp³-hybridized carbons (Fsp3) is 0.200. The minimum atomic E-state index is -0.128. The fourth-order valence-corrected chi connectivity index (χ4v) is 3.03. The monoisotopic (exact) mass is 355 g/mol. The molecule has 3 rings (SSSR count). The van der Waals surface area contributed by atoms with Crippen LogP contribution in [0, 0.1) is 11.8 Å². The number of aliphatic hydroxyl groups is 1. The van der Waals surface area contributed by atoms with Gasteiger partial charge >= 0.3 is 0 Å². The molecule has 0 radical (unpaired) electrons. The van der Waals surface area contributed by atoms with Crippen molar-refractivity contribution in [2.45, 2.75) is 24.9 Å². The van der Waals surface area contributed by atoms with E-state index in [1.54, 1.807) is 0 Å². The van der Waals surface area contributed by atoms with Crippen LogP contribution in [-0.2, 0) is 6.42 Å². The Hall–Kier alpha value is -2.86. The van der Waals surface area contributed by atoms with Crippen molar-refractivity contribution in [1.29, 1.82) is 0 Å². The van der Waals surface area contributed by atoms with Gasteiger partial charge < -0.3 is 5.11 Å². The van der Waals surface area contributed by atoms with Gasteiger partial charge in [0.25, 0.3) is 0 Å². The van der Waals surface area contributed by atoms with Gasteiger partial charge in [0.05, 0.1) is 18.7 Å². The van der Waals surface area contributed by atoms with Crippen LogP contribution in [-0.4, -0.2) is 17.8 Å². The zero-order chi connectivity index (χ0) is 18.7. The second kappa shape index (κ2) is 10.3. The van der Waals surface area contributed by atoms with E-state index in [2.05, 4.69) is 41.4 Å². The molecule has 2 atom stereocenters. The van der Waals surface area contributed by atoms with E-state index in [0.717, 1.165) is 24.0 Å². The van der Waals surface area contributed by atoms with E-state index in [1.165, 1.54) is 5.56 Å². The van der Waals surface area contributed by atoms with Crippen LogP contribution in [0.3, 0.4) is 0 Å². The van der Waals surface area contributed by atoms with Gasteiger partial charge in [-0.1, -0.05) is 90.7 Å². The first-order valence-electron chi connectivity index (χ1n) is 9.37. The average Bonchev–Trinajstić information content (AvgIpc) is 2.75. The smallest absolute Gasteiger partial charge is 0.0702 e. The minimum Gasteiger partial charge on any atom is -0.394 e. The molecule has 0 amide bonds. The first-order valence-corrected chi connectivity index (χ1v) is 9.37. The fourth-order valence-electron chi connectivity index (χ4n) is 3.03. The Morgan fingerprint density at radius 2 is 1.37 bits per heavy atom. The van der Waals surface area contributed by atoms with E-state index in [4.69, 9.17) is 0 Å². The zero-order valence-corrected chi connectivity index (χ0v) is 15.4. The summed E-state index contributed by atoms with van der Waals surface area (Å²) in [5, 5.41) is 13.4. The van der Waals surface area contributed by atoms with E-state index in [9.17, 15) is 5.11 Å². The molecule has 2 heteroatoms. The van der Waals surface area contributed by atoms with Crippen LogP contribution in [0.1, 0.15) is 29.2 Å². The van der Waals surface area contributed by atoms with Gasteiger partial charge in [-0.05, 0) is 36.1 Å². The summed E-state index contributed by atoms with van der Waals surface area (Å²) in [6.45, 7) is 0.0405. The Labute approximate surface area is 161 Å². The third-order valence-corrected chi connectivity index (χ3v) is 4.52. The van der Waals surface area contributed by atoms with Crippen LogP contribution in [0.4, 0.5) is 0 Å². The highest BCUT2D eigenvalue weighted by Gasteiger charge is 2.15. The van der Waals surface area contributed by atoms with Gasteiger partial charge in [-0.3, -0.25) is 5.32 Å². The SMILES string of the molecule is OC[C@H](N[C@@H](C#Cc1ccccc1)CCc1ccccc1)c1ccccc1. The molecule has 0 bridgehead atoms. The minimum absolute atomic E-state index is 0.0113. The molecule has 2 nitrogen and oxygen atoms in total. The van der Waals surface area contributed by atoms with Gasteiger partial charge in [0, 0.05) is 5.56 Å². The van der Waals surface area contributed by atoms with Crippen molar-refractivity contribution in [3.8, 4) is 11.8 Å². The molecule has 3 aromatic rings. The van der Waals surface area contributed by atoms with Crippen LogP contribution in [0.25, 0.3) is 0 Å². The van der Waals surface area contributed by atoms with E-state index >= 15 is 0 Å². The number of rotatable bonds is 7. The Balaban J connectivity index is 1.75. The van der Waals surface area contributed by atoms with Gasteiger partial charge in [0.1, 0.15) is 0 Å². The molecule has 136 valence electrons. The van der Waals surface area contributed by atoms with Crippen molar-refractivity contribution in [3.05, 3.63) is 108 Å². The van der Waals surface area contributed by atoms with Gasteiger partial charge in [-0.15, -0.1) is 0 Å². The van der Waals surface area contributed by atoms with Crippen molar-refractivity contribution >= 4 is 0 Å². The van der Waals surface area contributed by atoms with E-state index in [-0.39, 0.29) is 18.7 Å². The lowest BCUT2D eigenvalue weighted by Crippen LogP contribution is -2.34. The average molecular weight is 355 g/mol. The second-order valence-electron chi connectivity index (χ2n) is 6.52. The van der Waals surface area contributed by atoms with E-state index < -0.39 is 0 Å². The second-order valence-corrected chi connectivity index (χ2v) is 6.52. The van der Waals surface area contributed by atoms with Crippen molar-refractivity contribution in [2.24, 2.45) is 0 Å². The third-order valence-electron chi connectivity index (χ3n) is 4.52. The summed E-state index contributed by atoms with van der Waals surface area (Å²) < 4.78 is 0. The molecule has 2 N–H and O–H groups in total. The summed E-state index contributed by atoms with van der Waals surface area (Å²) in [7, 11) is 0. The number of aryl methyl sites for hydroxylation is 1. The van der Waals surface area contributed by atoms with Crippen LogP contribution in [0.15, 0.2) is 91.0 Å². The molecular weight excluding hydrogens is 330 g/mol. The van der Waals surface area contributed by atoms with Gasteiger partial charge in [-0.25, -0.2) is 0 Å². The molecule has 0 aromatic heterocycles. The number of benzene rings is 3. The lowest BCUT2D eigenvalue weighted by Gasteiger charge is -2.21. The summed E-state index contributed by atoms with van der Waals surface area (Å²) >= 11 is 0. The maximum atomic E-state index is 9.89. The predicted octanol–water partition coefficient (Wildman–Crippen LogP) is 4.36. The molecule has 0 unspecified atom stereocenters. The molecule has 0 heterocycles. The molecule has 0 saturated carbocycles. The molecule has 0 spiro atoms. The summed E-state index contributed by atoms with van der Waals surface area (Å²) in [5.41, 5.74) is 3.38. The van der Waals surface area contributed by atoms with Crippen LogP contribution >= 0.6 is 0 Å². The highest BCUT2D eigenvalue weighted by atomic mass is 16.3. The van der Waals surface area contributed by atoms with Crippen molar-refractivity contribution in [2.75, 3.05) is 6.61 Å². The largest absolute Gasteiger partial charge is 0.394 e. The molecule has 0 aliphatic rings. The molecule has 0 fully saturated rings. The third kappa shape index (κ3) is 6.11. The molecular formula is C25H25NO. The van der Waals surface area contributed by atoms with Gasteiger partial charge in [0.15, 0.2) is 0 Å². The van der Waals surface area contributed by atoms with Crippen molar-refractivity contribution in [3.63, 3.8) is 0 Å². The Bertz CT molecular complexity index is 850. The summed E-state index contributed by atoms with van der Waals surface area (Å²) in [6.07, 6.45) is 1.82. The highest BCUT2D eigenvalue weighted by Crippen LogP contribution is 2.14. The topological polar surface area (TPSA) is 32.3 Å². The van der Waals surface area contributed by atoms with Crippen molar-refractivity contribution in [1.82, 2.24) is 5.32 Å². The molecule has 3 aromatic carbocycles. The lowest BCUT2D eigenvalue weighted by atomic mass is 10.0. The first-order chi connectivity index (χ1) is 13.3. The normalized spacial score (nSPS) is 12.6. The number of hydrogen-bond donors (Lipinski definition) is 2. The Kier molecular flexibility index (Phi) is 7.24.